The van der Waals surface area contributed by atoms with Gasteiger partial charge in [0, 0.05) is 24.9 Å². The standard InChI is InChI=1S/C13H15NO2/c1-2-14-8-7-11-9-10(3-5-12(11)14)4-6-13(15)16/h3-6,9H,2,7-8H2,1H3,(H,15,16)/b6-4-. The maximum atomic E-state index is 10.4. The molecule has 0 saturated carbocycles. The van der Waals surface area contributed by atoms with Gasteiger partial charge in [0.25, 0.3) is 0 Å². The lowest BCUT2D eigenvalue weighted by molar-refractivity contribution is -0.131. The molecular formula is C13H15NO2. The molecule has 0 unspecified atom stereocenters. The van der Waals surface area contributed by atoms with E-state index in [1.54, 1.807) is 6.08 Å². The number of carboxylic acid groups (broad SMARTS) is 1. The van der Waals surface area contributed by atoms with Gasteiger partial charge in [-0.2, -0.15) is 0 Å². The molecule has 0 aromatic heterocycles. The molecule has 0 spiro atoms. The largest absolute Gasteiger partial charge is 0.478 e. The van der Waals surface area contributed by atoms with Crippen LogP contribution in [0.1, 0.15) is 18.1 Å². The van der Waals surface area contributed by atoms with Crippen LogP contribution in [0.3, 0.4) is 0 Å². The summed E-state index contributed by atoms with van der Waals surface area (Å²) in [5.74, 6) is -0.907. The van der Waals surface area contributed by atoms with E-state index in [0.29, 0.717) is 0 Å². The molecule has 1 aliphatic rings. The molecule has 0 aliphatic carbocycles. The zero-order valence-electron chi connectivity index (χ0n) is 9.31. The van der Waals surface area contributed by atoms with Gasteiger partial charge in [0.2, 0.25) is 0 Å². The first-order valence-electron chi connectivity index (χ1n) is 5.49. The summed E-state index contributed by atoms with van der Waals surface area (Å²) in [5.41, 5.74) is 3.56. The molecule has 1 heterocycles. The van der Waals surface area contributed by atoms with Crippen LogP contribution in [0.5, 0.6) is 0 Å². The van der Waals surface area contributed by atoms with Crippen LogP contribution in [-0.4, -0.2) is 24.2 Å². The first-order valence-corrected chi connectivity index (χ1v) is 5.49. The average Bonchev–Trinajstić information content (AvgIpc) is 2.68. The van der Waals surface area contributed by atoms with Gasteiger partial charge >= 0.3 is 5.97 Å². The van der Waals surface area contributed by atoms with E-state index in [-0.39, 0.29) is 0 Å². The van der Waals surface area contributed by atoms with Crippen molar-refractivity contribution in [2.45, 2.75) is 13.3 Å². The second-order valence-electron chi connectivity index (χ2n) is 3.89. The highest BCUT2D eigenvalue weighted by Crippen LogP contribution is 2.28. The third-order valence-corrected chi connectivity index (χ3v) is 2.90. The SMILES string of the molecule is CCN1CCc2cc(/C=C\C(=O)O)ccc21. The van der Waals surface area contributed by atoms with Crippen LogP contribution < -0.4 is 4.90 Å². The van der Waals surface area contributed by atoms with Gasteiger partial charge in [0.1, 0.15) is 0 Å². The highest BCUT2D eigenvalue weighted by atomic mass is 16.4. The Kier molecular flexibility index (Phi) is 2.95. The number of likely N-dealkylation sites (N-methyl/N-ethyl adjacent to an activating group) is 1. The fourth-order valence-electron chi connectivity index (χ4n) is 2.09. The van der Waals surface area contributed by atoms with Crippen LogP contribution in [0, 0.1) is 0 Å². The third kappa shape index (κ3) is 2.08. The Bertz CT molecular complexity index is 438. The van der Waals surface area contributed by atoms with Gasteiger partial charge in [-0.3, -0.25) is 0 Å². The van der Waals surface area contributed by atoms with Crippen molar-refractivity contribution < 1.29 is 9.90 Å². The van der Waals surface area contributed by atoms with E-state index in [2.05, 4.69) is 24.0 Å². The van der Waals surface area contributed by atoms with E-state index < -0.39 is 5.97 Å². The quantitative estimate of drug-likeness (QED) is 0.789. The van der Waals surface area contributed by atoms with Crippen LogP contribution in [-0.2, 0) is 11.2 Å². The molecule has 0 fully saturated rings. The number of fused-ring (bicyclic) bond motifs is 1. The zero-order valence-corrected chi connectivity index (χ0v) is 9.31. The van der Waals surface area contributed by atoms with Crippen molar-refractivity contribution in [2.24, 2.45) is 0 Å². The minimum Gasteiger partial charge on any atom is -0.478 e. The number of aliphatic carboxylic acids is 1. The number of hydrogen-bond donors (Lipinski definition) is 1. The third-order valence-electron chi connectivity index (χ3n) is 2.90. The van der Waals surface area contributed by atoms with Gasteiger partial charge < -0.3 is 10.0 Å². The number of carboxylic acids is 1. The molecule has 16 heavy (non-hydrogen) atoms. The monoisotopic (exact) mass is 217 g/mol. The van der Waals surface area contributed by atoms with Crippen LogP contribution in [0.15, 0.2) is 24.3 Å². The topological polar surface area (TPSA) is 40.5 Å². The van der Waals surface area contributed by atoms with Gasteiger partial charge in [-0.25, -0.2) is 4.79 Å². The minimum atomic E-state index is -0.907. The number of benzene rings is 1. The lowest BCUT2D eigenvalue weighted by atomic mass is 10.1. The summed E-state index contributed by atoms with van der Waals surface area (Å²) < 4.78 is 0. The molecule has 1 aromatic rings. The second-order valence-corrected chi connectivity index (χ2v) is 3.89. The molecule has 1 aromatic carbocycles. The molecular weight excluding hydrogens is 202 g/mol. The zero-order chi connectivity index (χ0) is 11.5. The van der Waals surface area contributed by atoms with Crippen LogP contribution >= 0.6 is 0 Å². The Morgan fingerprint density at radius 3 is 3.06 bits per heavy atom. The van der Waals surface area contributed by atoms with Crippen LogP contribution in [0.2, 0.25) is 0 Å². The smallest absolute Gasteiger partial charge is 0.328 e. The van der Waals surface area contributed by atoms with Crippen LogP contribution in [0.25, 0.3) is 6.08 Å². The summed E-state index contributed by atoms with van der Waals surface area (Å²) in [5, 5.41) is 8.55. The predicted molar refractivity (Wildman–Crippen MR) is 64.7 cm³/mol. The number of carbonyl (C=O) groups is 1. The van der Waals surface area contributed by atoms with Crippen molar-refractivity contribution in [1.82, 2.24) is 0 Å². The molecule has 0 radical (unpaired) electrons. The Morgan fingerprint density at radius 1 is 1.56 bits per heavy atom. The lowest BCUT2D eigenvalue weighted by Crippen LogP contribution is -2.18. The van der Waals surface area contributed by atoms with Gasteiger partial charge in [-0.15, -0.1) is 0 Å². The van der Waals surface area contributed by atoms with E-state index in [0.717, 1.165) is 25.1 Å². The summed E-state index contributed by atoms with van der Waals surface area (Å²) in [4.78, 5) is 12.7. The van der Waals surface area contributed by atoms with E-state index in [4.69, 9.17) is 5.11 Å². The number of hydrogen-bond acceptors (Lipinski definition) is 2. The Hall–Kier alpha value is -1.77. The fourth-order valence-corrected chi connectivity index (χ4v) is 2.09. The molecule has 3 heteroatoms. The number of anilines is 1. The van der Waals surface area contributed by atoms with Crippen molar-refractivity contribution in [3.05, 3.63) is 35.4 Å². The van der Waals surface area contributed by atoms with Gasteiger partial charge in [0.05, 0.1) is 0 Å². The normalized spacial score (nSPS) is 14.4. The molecule has 0 atom stereocenters. The van der Waals surface area contributed by atoms with E-state index in [1.807, 2.05) is 6.07 Å². The highest BCUT2D eigenvalue weighted by molar-refractivity contribution is 5.85. The Morgan fingerprint density at radius 2 is 2.38 bits per heavy atom. The predicted octanol–water partition coefficient (Wildman–Crippen LogP) is 2.17. The summed E-state index contributed by atoms with van der Waals surface area (Å²) in [6.07, 6.45) is 3.86. The Balaban J connectivity index is 2.24. The molecule has 3 nitrogen and oxygen atoms in total. The fraction of sp³-hybridized carbons (Fsp3) is 0.308. The van der Waals surface area contributed by atoms with Crippen molar-refractivity contribution in [2.75, 3.05) is 18.0 Å². The van der Waals surface area contributed by atoms with Gasteiger partial charge in [-0.1, -0.05) is 6.07 Å². The van der Waals surface area contributed by atoms with E-state index >= 15 is 0 Å². The molecule has 2 rings (SSSR count). The molecule has 1 aliphatic heterocycles. The maximum absolute atomic E-state index is 10.4. The molecule has 84 valence electrons. The molecule has 0 bridgehead atoms. The number of rotatable bonds is 3. The highest BCUT2D eigenvalue weighted by Gasteiger charge is 2.16. The van der Waals surface area contributed by atoms with Crippen LogP contribution in [0.4, 0.5) is 5.69 Å². The lowest BCUT2D eigenvalue weighted by Gasteiger charge is -2.16. The molecule has 0 saturated heterocycles. The van der Waals surface area contributed by atoms with Gasteiger partial charge in [0.15, 0.2) is 0 Å². The van der Waals surface area contributed by atoms with Crippen molar-refractivity contribution in [3.8, 4) is 0 Å². The Labute approximate surface area is 95.0 Å². The summed E-state index contributed by atoms with van der Waals surface area (Å²) in [6, 6.07) is 6.12. The van der Waals surface area contributed by atoms with Crippen molar-refractivity contribution in [3.63, 3.8) is 0 Å². The van der Waals surface area contributed by atoms with Gasteiger partial charge in [-0.05, 0) is 42.7 Å². The maximum Gasteiger partial charge on any atom is 0.328 e. The minimum absolute atomic E-state index is 0.907. The first kappa shape index (κ1) is 10.7. The summed E-state index contributed by atoms with van der Waals surface area (Å²) >= 11 is 0. The molecule has 0 amide bonds. The van der Waals surface area contributed by atoms with E-state index in [1.165, 1.54) is 17.3 Å². The van der Waals surface area contributed by atoms with E-state index in [9.17, 15) is 4.79 Å². The second kappa shape index (κ2) is 4.39. The van der Waals surface area contributed by atoms with Crippen molar-refractivity contribution >= 4 is 17.7 Å². The first-order chi connectivity index (χ1) is 7.70. The average molecular weight is 217 g/mol. The summed E-state index contributed by atoms with van der Waals surface area (Å²) in [6.45, 7) is 4.24. The summed E-state index contributed by atoms with van der Waals surface area (Å²) in [7, 11) is 0. The van der Waals surface area contributed by atoms with Crippen molar-refractivity contribution in [1.29, 1.82) is 0 Å². The number of nitrogens with zero attached hydrogens (tertiary/aromatic N) is 1. The molecule has 1 N–H and O–H groups in total.